The van der Waals surface area contributed by atoms with Gasteiger partial charge < -0.3 is 11.1 Å². The molecule has 2 heterocycles. The molecule has 0 saturated carbocycles. The smallest absolute Gasteiger partial charge is 0.143 e. The first-order valence-corrected chi connectivity index (χ1v) is 5.61. The molecule has 5 nitrogen and oxygen atoms in total. The maximum Gasteiger partial charge on any atom is 0.143 e. The highest BCUT2D eigenvalue weighted by Gasteiger charge is 2.05. The first-order chi connectivity index (χ1) is 9.22. The molecule has 3 rings (SSSR count). The van der Waals surface area contributed by atoms with Crippen molar-refractivity contribution in [3.8, 4) is 0 Å². The summed E-state index contributed by atoms with van der Waals surface area (Å²) in [7, 11) is 0. The number of benzene rings is 1. The van der Waals surface area contributed by atoms with Crippen molar-refractivity contribution in [1.29, 1.82) is 0 Å². The van der Waals surface area contributed by atoms with E-state index in [1.54, 1.807) is 24.4 Å². The molecule has 3 aromatic rings. The number of rotatable bonds is 2. The lowest BCUT2D eigenvalue weighted by Crippen LogP contribution is -1.98. The number of nitrogens with one attached hydrogen (secondary N) is 1. The third-order valence-corrected chi connectivity index (χ3v) is 2.63. The Morgan fingerprint density at radius 2 is 2.00 bits per heavy atom. The monoisotopic (exact) mass is 255 g/mol. The predicted octanol–water partition coefficient (Wildman–Crippen LogP) is 2.49. The number of nitrogens with zero attached hydrogens (tertiary/aromatic N) is 3. The van der Waals surface area contributed by atoms with Crippen molar-refractivity contribution in [3.05, 3.63) is 48.7 Å². The summed E-state index contributed by atoms with van der Waals surface area (Å²) in [5, 5.41) is 3.76. The van der Waals surface area contributed by atoms with Crippen LogP contribution >= 0.6 is 0 Å². The van der Waals surface area contributed by atoms with Crippen LogP contribution in [0.1, 0.15) is 0 Å². The van der Waals surface area contributed by atoms with Gasteiger partial charge in [-0.2, -0.15) is 0 Å². The van der Waals surface area contributed by atoms with E-state index in [4.69, 9.17) is 5.73 Å². The molecule has 0 atom stereocenters. The van der Waals surface area contributed by atoms with Crippen LogP contribution < -0.4 is 11.1 Å². The molecular formula is C13H10FN5. The van der Waals surface area contributed by atoms with Crippen molar-refractivity contribution in [3.63, 3.8) is 0 Å². The highest BCUT2D eigenvalue weighted by atomic mass is 19.1. The van der Waals surface area contributed by atoms with Gasteiger partial charge in [-0.25, -0.2) is 19.3 Å². The fraction of sp³-hybridized carbons (Fsp3) is 0. The van der Waals surface area contributed by atoms with Gasteiger partial charge in [0.1, 0.15) is 23.8 Å². The number of aromatic nitrogens is 3. The standard InChI is InChI=1S/C13H10FN5/c14-8-2-1-3-9(4-8)19-13-10-6-16-12(15)5-11(10)17-7-18-13/h1-7H,(H2,15,16)(H,17,18,19). The molecule has 0 spiro atoms. The molecule has 0 unspecified atom stereocenters. The van der Waals surface area contributed by atoms with Gasteiger partial charge in [-0.05, 0) is 18.2 Å². The summed E-state index contributed by atoms with van der Waals surface area (Å²) >= 11 is 0. The van der Waals surface area contributed by atoms with Gasteiger partial charge in [-0.1, -0.05) is 6.07 Å². The highest BCUT2D eigenvalue weighted by Crippen LogP contribution is 2.23. The zero-order valence-corrected chi connectivity index (χ0v) is 9.84. The van der Waals surface area contributed by atoms with Gasteiger partial charge in [0, 0.05) is 18.0 Å². The second-order valence-corrected chi connectivity index (χ2v) is 3.98. The van der Waals surface area contributed by atoms with Gasteiger partial charge in [-0.15, -0.1) is 0 Å². The number of fused-ring (bicyclic) bond motifs is 1. The maximum absolute atomic E-state index is 13.1. The Kier molecular flexibility index (Phi) is 2.68. The molecule has 0 amide bonds. The van der Waals surface area contributed by atoms with E-state index in [0.29, 0.717) is 22.8 Å². The molecular weight excluding hydrogens is 245 g/mol. The number of anilines is 3. The highest BCUT2D eigenvalue weighted by molar-refractivity contribution is 5.90. The van der Waals surface area contributed by atoms with Crippen LogP contribution in [0, 0.1) is 5.82 Å². The zero-order valence-electron chi connectivity index (χ0n) is 9.84. The van der Waals surface area contributed by atoms with Crippen LogP contribution in [-0.4, -0.2) is 15.0 Å². The second-order valence-electron chi connectivity index (χ2n) is 3.98. The number of hydrogen-bond donors (Lipinski definition) is 2. The van der Waals surface area contributed by atoms with Gasteiger partial charge >= 0.3 is 0 Å². The van der Waals surface area contributed by atoms with Gasteiger partial charge in [-0.3, -0.25) is 0 Å². The van der Waals surface area contributed by atoms with E-state index in [-0.39, 0.29) is 5.82 Å². The maximum atomic E-state index is 13.1. The van der Waals surface area contributed by atoms with E-state index in [1.807, 2.05) is 0 Å². The van der Waals surface area contributed by atoms with Crippen molar-refractivity contribution in [1.82, 2.24) is 15.0 Å². The number of nitrogens with two attached hydrogens (primary N) is 1. The normalized spacial score (nSPS) is 10.6. The number of nitrogen functional groups attached to an aromatic ring is 1. The van der Waals surface area contributed by atoms with E-state index >= 15 is 0 Å². The van der Waals surface area contributed by atoms with E-state index < -0.39 is 0 Å². The average Bonchev–Trinajstić information content (AvgIpc) is 2.38. The Labute approximate surface area is 108 Å². The van der Waals surface area contributed by atoms with Crippen molar-refractivity contribution in [2.24, 2.45) is 0 Å². The molecule has 0 aliphatic heterocycles. The largest absolute Gasteiger partial charge is 0.384 e. The molecule has 0 fully saturated rings. The molecule has 94 valence electrons. The van der Waals surface area contributed by atoms with E-state index in [2.05, 4.69) is 20.3 Å². The first-order valence-electron chi connectivity index (χ1n) is 5.61. The summed E-state index contributed by atoms with van der Waals surface area (Å²) in [4.78, 5) is 12.3. The van der Waals surface area contributed by atoms with Crippen LogP contribution in [0.3, 0.4) is 0 Å². The van der Waals surface area contributed by atoms with Crippen LogP contribution in [0.25, 0.3) is 10.9 Å². The predicted molar refractivity (Wildman–Crippen MR) is 71.4 cm³/mol. The zero-order chi connectivity index (χ0) is 13.2. The molecule has 19 heavy (non-hydrogen) atoms. The minimum atomic E-state index is -0.314. The van der Waals surface area contributed by atoms with Crippen LogP contribution in [0.4, 0.5) is 21.7 Å². The van der Waals surface area contributed by atoms with E-state index in [9.17, 15) is 4.39 Å². The molecule has 3 N–H and O–H groups in total. The van der Waals surface area contributed by atoms with Crippen LogP contribution in [-0.2, 0) is 0 Å². The molecule has 0 saturated heterocycles. The lowest BCUT2D eigenvalue weighted by molar-refractivity contribution is 0.628. The molecule has 0 radical (unpaired) electrons. The van der Waals surface area contributed by atoms with Gasteiger partial charge in [0.05, 0.1) is 10.9 Å². The molecule has 2 aromatic heterocycles. The van der Waals surface area contributed by atoms with Crippen LogP contribution in [0.15, 0.2) is 42.9 Å². The number of halogens is 1. The third-order valence-electron chi connectivity index (χ3n) is 2.63. The van der Waals surface area contributed by atoms with Crippen molar-refractivity contribution in [2.75, 3.05) is 11.1 Å². The number of hydrogen-bond acceptors (Lipinski definition) is 5. The fourth-order valence-corrected chi connectivity index (χ4v) is 1.77. The summed E-state index contributed by atoms with van der Waals surface area (Å²) in [6.45, 7) is 0. The van der Waals surface area contributed by atoms with E-state index in [1.165, 1.54) is 18.5 Å². The molecule has 6 heteroatoms. The van der Waals surface area contributed by atoms with Crippen molar-refractivity contribution < 1.29 is 4.39 Å². The average molecular weight is 255 g/mol. The Morgan fingerprint density at radius 3 is 2.84 bits per heavy atom. The molecule has 0 aliphatic rings. The third kappa shape index (κ3) is 2.28. The molecule has 0 aliphatic carbocycles. The minimum Gasteiger partial charge on any atom is -0.384 e. The topological polar surface area (TPSA) is 76.7 Å². The fourth-order valence-electron chi connectivity index (χ4n) is 1.77. The quantitative estimate of drug-likeness (QED) is 0.735. The van der Waals surface area contributed by atoms with Crippen LogP contribution in [0.5, 0.6) is 0 Å². The summed E-state index contributed by atoms with van der Waals surface area (Å²) in [6, 6.07) is 7.80. The summed E-state index contributed by atoms with van der Waals surface area (Å²) < 4.78 is 13.1. The SMILES string of the molecule is Nc1cc2ncnc(Nc3cccc(F)c3)c2cn1. The Balaban J connectivity index is 2.06. The van der Waals surface area contributed by atoms with Crippen molar-refractivity contribution in [2.45, 2.75) is 0 Å². The second kappa shape index (κ2) is 4.49. The Hall–Kier alpha value is -2.76. The summed E-state index contributed by atoms with van der Waals surface area (Å²) in [5.41, 5.74) is 6.89. The first kappa shape index (κ1) is 11.3. The summed E-state index contributed by atoms with van der Waals surface area (Å²) in [5.74, 6) is 0.636. The van der Waals surface area contributed by atoms with Crippen molar-refractivity contribution >= 4 is 28.2 Å². The Bertz CT molecular complexity index is 744. The Morgan fingerprint density at radius 1 is 1.11 bits per heavy atom. The van der Waals surface area contributed by atoms with Gasteiger partial charge in [0.25, 0.3) is 0 Å². The van der Waals surface area contributed by atoms with Gasteiger partial charge in [0.2, 0.25) is 0 Å². The lowest BCUT2D eigenvalue weighted by atomic mass is 10.2. The molecule has 0 bridgehead atoms. The minimum absolute atomic E-state index is 0.314. The van der Waals surface area contributed by atoms with Gasteiger partial charge in [0.15, 0.2) is 0 Å². The molecule has 1 aromatic carbocycles. The van der Waals surface area contributed by atoms with Crippen LogP contribution in [0.2, 0.25) is 0 Å². The van der Waals surface area contributed by atoms with E-state index in [0.717, 1.165) is 5.39 Å². The summed E-state index contributed by atoms with van der Waals surface area (Å²) in [6.07, 6.45) is 3.01. The number of pyridine rings is 1. The lowest BCUT2D eigenvalue weighted by Gasteiger charge is -2.08.